The molecule has 0 aliphatic carbocycles. The van der Waals surface area contributed by atoms with Crippen molar-refractivity contribution in [3.05, 3.63) is 35.9 Å². The molecular formula is C17H25N3O4. The predicted molar refractivity (Wildman–Crippen MR) is 90.2 cm³/mol. The van der Waals surface area contributed by atoms with Gasteiger partial charge in [-0.05, 0) is 12.0 Å². The second-order valence-corrected chi connectivity index (χ2v) is 5.33. The van der Waals surface area contributed by atoms with Crippen molar-refractivity contribution < 1.29 is 19.1 Å². The molecule has 2 N–H and O–H groups in total. The monoisotopic (exact) mass is 335 g/mol. The van der Waals surface area contributed by atoms with E-state index in [4.69, 9.17) is 0 Å². The maximum Gasteiger partial charge on any atom is 0.321 e. The number of hydrogen-bond donors (Lipinski definition) is 2. The lowest BCUT2D eigenvalue weighted by molar-refractivity contribution is -0.141. The first-order valence-corrected chi connectivity index (χ1v) is 7.96. The molecule has 0 aliphatic rings. The summed E-state index contributed by atoms with van der Waals surface area (Å²) >= 11 is 0. The average molecular weight is 335 g/mol. The molecule has 7 nitrogen and oxygen atoms in total. The van der Waals surface area contributed by atoms with Crippen molar-refractivity contribution in [2.75, 3.05) is 26.7 Å². The summed E-state index contributed by atoms with van der Waals surface area (Å²) < 4.78 is 4.63. The fraction of sp³-hybridized carbons (Fsp3) is 0.471. The van der Waals surface area contributed by atoms with Gasteiger partial charge in [0, 0.05) is 19.6 Å². The summed E-state index contributed by atoms with van der Waals surface area (Å²) in [6, 6.07) is 9.11. The summed E-state index contributed by atoms with van der Waals surface area (Å²) in [4.78, 5) is 36.7. The number of carbonyl (C=O) groups is 3. The number of ether oxygens (including phenoxy) is 1. The van der Waals surface area contributed by atoms with E-state index in [1.165, 1.54) is 7.11 Å². The fourth-order valence-corrected chi connectivity index (χ4v) is 2.06. The van der Waals surface area contributed by atoms with Crippen LogP contribution in [0.5, 0.6) is 0 Å². The predicted octanol–water partition coefficient (Wildman–Crippen LogP) is 1.29. The second kappa shape index (κ2) is 11.2. The average Bonchev–Trinajstić information content (AvgIpc) is 2.58. The van der Waals surface area contributed by atoms with E-state index in [0.717, 1.165) is 12.0 Å². The van der Waals surface area contributed by atoms with Crippen molar-refractivity contribution in [3.8, 4) is 0 Å². The Morgan fingerprint density at radius 2 is 1.88 bits per heavy atom. The number of hydrogen-bond acceptors (Lipinski definition) is 5. The van der Waals surface area contributed by atoms with Crippen LogP contribution in [0.15, 0.2) is 30.3 Å². The number of rotatable bonds is 9. The molecule has 1 rings (SSSR count). The zero-order valence-corrected chi connectivity index (χ0v) is 14.2. The number of imide groups is 1. The summed E-state index contributed by atoms with van der Waals surface area (Å²) in [7, 11) is 1.33. The zero-order valence-electron chi connectivity index (χ0n) is 14.2. The summed E-state index contributed by atoms with van der Waals surface area (Å²) in [5.41, 5.74) is 1.02. The Bertz CT molecular complexity index is 534. The van der Waals surface area contributed by atoms with Gasteiger partial charge in [0.05, 0.1) is 20.1 Å². The van der Waals surface area contributed by atoms with Gasteiger partial charge in [-0.2, -0.15) is 0 Å². The minimum atomic E-state index is -0.505. The van der Waals surface area contributed by atoms with Gasteiger partial charge in [0.15, 0.2) is 0 Å². The van der Waals surface area contributed by atoms with Crippen molar-refractivity contribution in [3.63, 3.8) is 0 Å². The number of nitrogens with one attached hydrogen (secondary N) is 2. The molecule has 1 aromatic carbocycles. The van der Waals surface area contributed by atoms with Crippen LogP contribution < -0.4 is 10.6 Å². The number of amides is 3. The minimum absolute atomic E-state index is 0.0193. The third-order valence-corrected chi connectivity index (χ3v) is 3.26. The molecule has 7 heteroatoms. The Morgan fingerprint density at radius 1 is 1.17 bits per heavy atom. The van der Waals surface area contributed by atoms with Gasteiger partial charge < -0.3 is 10.1 Å². The van der Waals surface area contributed by atoms with Gasteiger partial charge in [0.1, 0.15) is 0 Å². The highest BCUT2D eigenvalue weighted by molar-refractivity contribution is 5.95. The van der Waals surface area contributed by atoms with E-state index in [1.807, 2.05) is 37.3 Å². The van der Waals surface area contributed by atoms with Crippen LogP contribution in [0.4, 0.5) is 4.79 Å². The van der Waals surface area contributed by atoms with E-state index in [0.29, 0.717) is 19.6 Å². The molecule has 3 amide bonds. The quantitative estimate of drug-likeness (QED) is 0.664. The van der Waals surface area contributed by atoms with E-state index in [-0.39, 0.29) is 18.9 Å². The van der Waals surface area contributed by atoms with Crippen LogP contribution in [0.2, 0.25) is 0 Å². The summed E-state index contributed by atoms with van der Waals surface area (Å²) in [6.45, 7) is 3.32. The smallest absolute Gasteiger partial charge is 0.321 e. The van der Waals surface area contributed by atoms with E-state index < -0.39 is 11.9 Å². The third-order valence-electron chi connectivity index (χ3n) is 3.26. The van der Waals surface area contributed by atoms with Gasteiger partial charge in [0.2, 0.25) is 5.91 Å². The molecule has 0 heterocycles. The van der Waals surface area contributed by atoms with Gasteiger partial charge in [-0.3, -0.25) is 19.8 Å². The molecule has 0 aliphatic heterocycles. The first-order valence-electron chi connectivity index (χ1n) is 7.96. The van der Waals surface area contributed by atoms with Crippen molar-refractivity contribution in [1.82, 2.24) is 15.5 Å². The Morgan fingerprint density at radius 3 is 2.50 bits per heavy atom. The molecule has 0 fully saturated rings. The molecule has 0 unspecified atom stereocenters. The standard InChI is InChI=1S/C17H25N3O4/c1-3-10-18-17(23)19-15(21)13-20(11-9-16(22)24-2)12-14-7-5-4-6-8-14/h4-8H,3,9-13H2,1-2H3,(H2,18,19,21,23). The Balaban J connectivity index is 2.58. The first kappa shape index (κ1) is 19.6. The Labute approximate surface area is 142 Å². The van der Waals surface area contributed by atoms with Gasteiger partial charge in [-0.25, -0.2) is 4.79 Å². The topological polar surface area (TPSA) is 87.7 Å². The molecule has 0 bridgehead atoms. The first-order chi connectivity index (χ1) is 11.5. The number of carbonyl (C=O) groups excluding carboxylic acids is 3. The Hall–Kier alpha value is -2.41. The number of benzene rings is 1. The molecular weight excluding hydrogens is 310 g/mol. The molecule has 0 radical (unpaired) electrons. The van der Waals surface area contributed by atoms with Gasteiger partial charge in [0.25, 0.3) is 0 Å². The molecule has 0 saturated carbocycles. The van der Waals surface area contributed by atoms with Crippen LogP contribution in [0, 0.1) is 0 Å². The summed E-state index contributed by atoms with van der Waals surface area (Å²) in [6.07, 6.45) is 0.972. The van der Waals surface area contributed by atoms with Crippen LogP contribution in [0.3, 0.4) is 0 Å². The highest BCUT2D eigenvalue weighted by Gasteiger charge is 2.15. The van der Waals surface area contributed by atoms with Crippen molar-refractivity contribution >= 4 is 17.9 Å². The number of methoxy groups -OCH3 is 1. The fourth-order valence-electron chi connectivity index (χ4n) is 2.06. The highest BCUT2D eigenvalue weighted by Crippen LogP contribution is 2.05. The third kappa shape index (κ3) is 8.28. The number of nitrogens with zero attached hydrogens (tertiary/aromatic N) is 1. The van der Waals surface area contributed by atoms with Crippen LogP contribution in [0.1, 0.15) is 25.3 Å². The molecule has 1 aromatic rings. The van der Waals surface area contributed by atoms with Crippen LogP contribution >= 0.6 is 0 Å². The molecule has 0 atom stereocenters. The number of urea groups is 1. The summed E-state index contributed by atoms with van der Waals surface area (Å²) in [5, 5.41) is 4.87. The SMILES string of the molecule is CCCNC(=O)NC(=O)CN(CCC(=O)OC)Cc1ccccc1. The lowest BCUT2D eigenvalue weighted by Gasteiger charge is -2.21. The molecule has 0 spiro atoms. The van der Waals surface area contributed by atoms with Gasteiger partial charge in [-0.1, -0.05) is 37.3 Å². The lowest BCUT2D eigenvalue weighted by Crippen LogP contribution is -2.44. The minimum Gasteiger partial charge on any atom is -0.469 e. The Kier molecular flexibility index (Phi) is 9.14. The summed E-state index contributed by atoms with van der Waals surface area (Å²) in [5.74, 6) is -0.751. The van der Waals surface area contributed by atoms with Crippen molar-refractivity contribution in [1.29, 1.82) is 0 Å². The molecule has 0 saturated heterocycles. The van der Waals surface area contributed by atoms with E-state index in [1.54, 1.807) is 4.90 Å². The number of esters is 1. The maximum atomic E-state index is 12.0. The second-order valence-electron chi connectivity index (χ2n) is 5.33. The van der Waals surface area contributed by atoms with E-state index in [2.05, 4.69) is 15.4 Å². The van der Waals surface area contributed by atoms with Gasteiger partial charge in [-0.15, -0.1) is 0 Å². The van der Waals surface area contributed by atoms with Crippen LogP contribution in [-0.2, 0) is 20.9 Å². The normalized spacial score (nSPS) is 10.3. The lowest BCUT2D eigenvalue weighted by atomic mass is 10.2. The van der Waals surface area contributed by atoms with Gasteiger partial charge >= 0.3 is 12.0 Å². The molecule has 132 valence electrons. The van der Waals surface area contributed by atoms with E-state index >= 15 is 0 Å². The zero-order chi connectivity index (χ0) is 17.8. The van der Waals surface area contributed by atoms with E-state index in [9.17, 15) is 14.4 Å². The van der Waals surface area contributed by atoms with Crippen molar-refractivity contribution in [2.45, 2.75) is 26.3 Å². The maximum absolute atomic E-state index is 12.0. The van der Waals surface area contributed by atoms with Crippen LogP contribution in [-0.4, -0.2) is 49.6 Å². The van der Waals surface area contributed by atoms with Crippen molar-refractivity contribution in [2.24, 2.45) is 0 Å². The highest BCUT2D eigenvalue weighted by atomic mass is 16.5. The molecule has 24 heavy (non-hydrogen) atoms. The largest absolute Gasteiger partial charge is 0.469 e. The van der Waals surface area contributed by atoms with Crippen LogP contribution in [0.25, 0.3) is 0 Å². The molecule has 0 aromatic heterocycles.